The van der Waals surface area contributed by atoms with E-state index in [4.69, 9.17) is 0 Å². The van der Waals surface area contributed by atoms with E-state index in [1.165, 1.54) is 35.8 Å². The van der Waals surface area contributed by atoms with Crippen LogP contribution in [0.5, 0.6) is 0 Å². The zero-order valence-electron chi connectivity index (χ0n) is 10.1. The second-order valence-electron chi connectivity index (χ2n) is 5.00. The van der Waals surface area contributed by atoms with E-state index in [-0.39, 0.29) is 18.2 Å². The molecule has 1 fully saturated rings. The van der Waals surface area contributed by atoms with E-state index in [0.717, 1.165) is 11.8 Å². The lowest BCUT2D eigenvalue weighted by molar-refractivity contribution is 0.319. The Bertz CT molecular complexity index is 312. The summed E-state index contributed by atoms with van der Waals surface area (Å²) in [7, 11) is 0. The van der Waals surface area contributed by atoms with Gasteiger partial charge in [0.1, 0.15) is 0 Å². The molecule has 16 heavy (non-hydrogen) atoms. The Morgan fingerprint density at radius 3 is 2.25 bits per heavy atom. The maximum Gasteiger partial charge on any atom is 0.506 e. The fourth-order valence-electron chi connectivity index (χ4n) is 2.78. The molecular weight excluding hydrogens is 272 g/mol. The normalized spacial score (nSPS) is 25.1. The third-order valence-electron chi connectivity index (χ3n) is 4.03. The van der Waals surface area contributed by atoms with Gasteiger partial charge in [0, 0.05) is 0 Å². The Morgan fingerprint density at radius 1 is 1.12 bits per heavy atom. The van der Waals surface area contributed by atoms with Crippen LogP contribution >= 0.6 is 12.9 Å². The molecule has 0 heterocycles. The summed E-state index contributed by atoms with van der Waals surface area (Å²) < 4.78 is 1.52. The van der Waals surface area contributed by atoms with E-state index in [2.05, 4.69) is 44.1 Å². The van der Waals surface area contributed by atoms with Crippen LogP contribution in [-0.4, -0.2) is 18.2 Å². The highest BCUT2D eigenvalue weighted by Gasteiger charge is 2.20. The molecule has 0 aromatic heterocycles. The third kappa shape index (κ3) is 3.24. The first-order chi connectivity index (χ1) is 7.83. The summed E-state index contributed by atoms with van der Waals surface area (Å²) in [6.45, 7) is 2.33. The Labute approximate surface area is 115 Å². The average molecular weight is 292 g/mol. The van der Waals surface area contributed by atoms with Gasteiger partial charge in [-0.15, -0.1) is 0 Å². The molecule has 0 atom stereocenters. The molecule has 0 unspecified atom stereocenters. The Kier molecular flexibility index (Phi) is 5.17. The van der Waals surface area contributed by atoms with E-state index in [0.29, 0.717) is 0 Å². The topological polar surface area (TPSA) is 0 Å². The van der Waals surface area contributed by atoms with Gasteiger partial charge in [-0.05, 0) is 43.1 Å². The van der Waals surface area contributed by atoms with Crippen molar-refractivity contribution in [3.8, 4) is 0 Å². The average Bonchev–Trinajstić information content (AvgIpc) is 2.39. The Hall–Kier alpha value is 0.466. The van der Waals surface area contributed by atoms with Crippen molar-refractivity contribution < 1.29 is 0 Å². The van der Waals surface area contributed by atoms with Gasteiger partial charge in [-0.2, -0.15) is 3.69 Å². The van der Waals surface area contributed by atoms with Crippen molar-refractivity contribution in [1.29, 1.82) is 0 Å². The minimum atomic E-state index is -0.153. The summed E-state index contributed by atoms with van der Waals surface area (Å²) in [6, 6.07) is 9.37. The van der Waals surface area contributed by atoms with Crippen LogP contribution < -0.4 is 3.69 Å². The number of rotatable bonds is 3. The Balaban J connectivity index is 1.97. The van der Waals surface area contributed by atoms with Gasteiger partial charge in [-0.25, -0.2) is 0 Å². The van der Waals surface area contributed by atoms with Crippen LogP contribution in [0.1, 0.15) is 50.5 Å². The quantitative estimate of drug-likeness (QED) is 0.738. The van der Waals surface area contributed by atoms with Crippen molar-refractivity contribution in [3.05, 3.63) is 29.8 Å². The van der Waals surface area contributed by atoms with Gasteiger partial charge in [0.15, 0.2) is 0 Å². The molecule has 1 aliphatic carbocycles. The van der Waals surface area contributed by atoms with Crippen LogP contribution in [0, 0.1) is 5.92 Å². The Morgan fingerprint density at radius 2 is 1.75 bits per heavy atom. The zero-order valence-corrected chi connectivity index (χ0v) is 13.1. The van der Waals surface area contributed by atoms with Crippen LogP contribution in [0.3, 0.4) is 0 Å². The van der Waals surface area contributed by atoms with E-state index >= 15 is 0 Å². The van der Waals surface area contributed by atoms with Crippen LogP contribution in [0.4, 0.5) is 0 Å². The lowest BCUT2D eigenvalue weighted by atomic mass is 9.78. The van der Waals surface area contributed by atoms with Crippen molar-refractivity contribution >= 4 is 34.8 Å². The van der Waals surface area contributed by atoms with E-state index in [1.54, 1.807) is 5.56 Å². The lowest BCUT2D eigenvalue weighted by Crippen LogP contribution is -2.14. The van der Waals surface area contributed by atoms with Crippen molar-refractivity contribution in [3.63, 3.8) is 0 Å². The van der Waals surface area contributed by atoms with Gasteiger partial charge in [0.2, 0.25) is 0 Å². The van der Waals surface area contributed by atoms with Crippen LogP contribution in [0.15, 0.2) is 24.3 Å². The molecular formula is C14H19BrMg. The number of hydrogen-bond donors (Lipinski definition) is 0. The third-order valence-corrected chi connectivity index (χ3v) is 6.75. The fraction of sp³-hybridized carbons (Fsp3) is 0.571. The number of halogens is 1. The van der Waals surface area contributed by atoms with Crippen molar-refractivity contribution in [2.75, 3.05) is 0 Å². The van der Waals surface area contributed by atoms with Crippen molar-refractivity contribution in [2.24, 2.45) is 5.92 Å². The molecule has 2 rings (SSSR count). The minimum absolute atomic E-state index is 0.153. The monoisotopic (exact) mass is 290 g/mol. The molecule has 2 heteroatoms. The van der Waals surface area contributed by atoms with Gasteiger partial charge in [-0.1, -0.05) is 37.6 Å². The summed E-state index contributed by atoms with van der Waals surface area (Å²) in [5.74, 6) is 1.85. The molecule has 84 valence electrons. The maximum atomic E-state index is 3.63. The van der Waals surface area contributed by atoms with Gasteiger partial charge < -0.3 is 0 Å². The first-order valence-corrected chi connectivity index (χ1v) is 11.1. The second kappa shape index (κ2) is 6.41. The molecule has 0 amide bonds. The zero-order chi connectivity index (χ0) is 11.4. The predicted octanol–water partition coefficient (Wildman–Crippen LogP) is 4.01. The summed E-state index contributed by atoms with van der Waals surface area (Å²) in [4.78, 5) is 0. The summed E-state index contributed by atoms with van der Waals surface area (Å²) in [5.41, 5.74) is 1.58. The highest BCUT2D eigenvalue weighted by molar-refractivity contribution is 9.23. The van der Waals surface area contributed by atoms with Crippen molar-refractivity contribution in [1.82, 2.24) is 0 Å². The highest BCUT2D eigenvalue weighted by Crippen LogP contribution is 2.36. The van der Waals surface area contributed by atoms with Gasteiger partial charge >= 0.3 is 18.2 Å². The maximum absolute atomic E-state index is 3.63. The van der Waals surface area contributed by atoms with Gasteiger partial charge in [0.05, 0.1) is 0 Å². The van der Waals surface area contributed by atoms with E-state index in [9.17, 15) is 0 Å². The molecule has 0 N–H and O–H groups in total. The van der Waals surface area contributed by atoms with E-state index < -0.39 is 0 Å². The standard InChI is InChI=1S/C14H19.BrH.Mg/c1-2-12-8-10-14(11-9-12)13-6-4-3-5-7-13;;/h4-7,12,14H,2,8-11H2,1H3;1H;/q;;+1/p-1. The smallest absolute Gasteiger partial charge is 0.296 e. The van der Waals surface area contributed by atoms with E-state index in [1.807, 2.05) is 0 Å². The number of hydrogen-bond acceptors (Lipinski definition) is 0. The van der Waals surface area contributed by atoms with Crippen molar-refractivity contribution in [2.45, 2.75) is 44.9 Å². The molecule has 0 aliphatic heterocycles. The van der Waals surface area contributed by atoms with Crippen LogP contribution in [0.2, 0.25) is 0 Å². The molecule has 0 radical (unpaired) electrons. The molecule has 0 nitrogen and oxygen atoms in total. The highest BCUT2D eigenvalue weighted by atomic mass is 79.9. The van der Waals surface area contributed by atoms with Crippen LogP contribution in [0.25, 0.3) is 0 Å². The largest absolute Gasteiger partial charge is 0.506 e. The molecule has 0 spiro atoms. The summed E-state index contributed by atoms with van der Waals surface area (Å²) in [6.07, 6.45) is 7.07. The molecule has 1 aromatic carbocycles. The van der Waals surface area contributed by atoms with Crippen LogP contribution in [-0.2, 0) is 0 Å². The molecule has 1 saturated carbocycles. The minimum Gasteiger partial charge on any atom is -0.296 e. The molecule has 1 aliphatic rings. The summed E-state index contributed by atoms with van der Waals surface area (Å²) in [5, 5.41) is 0. The first kappa shape index (κ1) is 12.9. The van der Waals surface area contributed by atoms with Gasteiger partial charge in [-0.3, -0.25) is 12.9 Å². The second-order valence-corrected chi connectivity index (χ2v) is 7.77. The fourth-order valence-corrected chi connectivity index (χ4v) is 4.32. The molecule has 0 saturated heterocycles. The van der Waals surface area contributed by atoms with Gasteiger partial charge in [0.25, 0.3) is 0 Å². The first-order valence-electron chi connectivity index (χ1n) is 6.48. The summed E-state index contributed by atoms with van der Waals surface area (Å²) >= 11 is 3.48. The molecule has 0 bridgehead atoms. The molecule has 1 aromatic rings. The number of benzene rings is 1. The lowest BCUT2D eigenvalue weighted by Gasteiger charge is -2.28. The predicted molar refractivity (Wildman–Crippen MR) is 75.7 cm³/mol. The SMILES string of the molecule is CCC1CCC(c2cc[c]([Mg][Br])cc2)CC1.